The Bertz CT molecular complexity index is 604. The molecule has 2 aromatic rings. The first-order valence-corrected chi connectivity index (χ1v) is 6.41. The van der Waals surface area contributed by atoms with Gasteiger partial charge in [0.2, 0.25) is 0 Å². The number of carbonyl (C=O) groups excluding carboxylic acids is 1. The van der Waals surface area contributed by atoms with Crippen molar-refractivity contribution in [3.63, 3.8) is 0 Å². The lowest BCUT2D eigenvalue weighted by molar-refractivity contribution is 0.0971. The minimum absolute atomic E-state index is 0.214. The summed E-state index contributed by atoms with van der Waals surface area (Å²) in [5, 5.41) is 0.715. The lowest BCUT2D eigenvalue weighted by Gasteiger charge is -2.14. The van der Waals surface area contributed by atoms with Crippen molar-refractivity contribution >= 4 is 17.4 Å². The molecular weight excluding hydrogens is 246 g/mol. The van der Waals surface area contributed by atoms with Crippen LogP contribution in [-0.4, -0.2) is 10.8 Å². The van der Waals surface area contributed by atoms with E-state index >= 15 is 0 Å². The van der Waals surface area contributed by atoms with E-state index in [1.807, 2.05) is 36.4 Å². The summed E-state index contributed by atoms with van der Waals surface area (Å²) in [6.45, 7) is 0. The zero-order valence-corrected chi connectivity index (χ0v) is 10.6. The summed E-state index contributed by atoms with van der Waals surface area (Å²) in [4.78, 5) is 16.3. The van der Waals surface area contributed by atoms with Gasteiger partial charge in [0.15, 0.2) is 5.78 Å². The molecule has 0 N–H and O–H groups in total. The summed E-state index contributed by atoms with van der Waals surface area (Å²) in [7, 11) is 0. The van der Waals surface area contributed by atoms with Gasteiger partial charge >= 0.3 is 0 Å². The molecule has 3 heteroatoms. The van der Waals surface area contributed by atoms with E-state index in [1.54, 1.807) is 0 Å². The topological polar surface area (TPSA) is 30.0 Å². The van der Waals surface area contributed by atoms with Crippen LogP contribution < -0.4 is 0 Å². The van der Waals surface area contributed by atoms with E-state index in [0.29, 0.717) is 11.4 Å². The van der Waals surface area contributed by atoms with Gasteiger partial charge in [-0.25, -0.2) is 0 Å². The van der Waals surface area contributed by atoms with E-state index in [0.717, 1.165) is 35.4 Å². The predicted octanol–water partition coefficient (Wildman–Crippen LogP) is 3.92. The third-order valence-corrected chi connectivity index (χ3v) is 3.48. The van der Waals surface area contributed by atoms with Gasteiger partial charge < -0.3 is 0 Å². The molecule has 90 valence electrons. The van der Waals surface area contributed by atoms with Crippen molar-refractivity contribution in [2.75, 3.05) is 0 Å². The molecule has 0 fully saturated rings. The first kappa shape index (κ1) is 11.4. The highest BCUT2D eigenvalue weighted by Crippen LogP contribution is 2.25. The van der Waals surface area contributed by atoms with Gasteiger partial charge in [0.25, 0.3) is 0 Å². The Balaban J connectivity index is 2.04. The monoisotopic (exact) mass is 257 g/mol. The number of aryl methyl sites for hydroxylation is 1. The molecule has 1 aliphatic carbocycles. The number of Topliss-reactive ketones (excluding diaryl/α,β-unsaturated/α-hetero) is 1. The van der Waals surface area contributed by atoms with Crippen molar-refractivity contribution in [3.8, 4) is 11.3 Å². The molecule has 1 aromatic carbocycles. The standard InChI is InChI=1S/C15H12ClNO/c16-11-6-4-10(5-7-11)13-9-8-12-14(17-13)2-1-3-15(12)18/h4-9H,1-3H2. The Hall–Kier alpha value is -1.67. The van der Waals surface area contributed by atoms with Crippen LogP contribution in [0.2, 0.25) is 5.02 Å². The zero-order chi connectivity index (χ0) is 12.5. The maximum Gasteiger partial charge on any atom is 0.164 e. The van der Waals surface area contributed by atoms with Crippen LogP contribution in [-0.2, 0) is 6.42 Å². The Morgan fingerprint density at radius 1 is 1.00 bits per heavy atom. The summed E-state index contributed by atoms with van der Waals surface area (Å²) < 4.78 is 0. The van der Waals surface area contributed by atoms with Crippen molar-refractivity contribution in [3.05, 3.63) is 52.7 Å². The summed E-state index contributed by atoms with van der Waals surface area (Å²) in [6, 6.07) is 11.4. The molecule has 0 bridgehead atoms. The van der Waals surface area contributed by atoms with Crippen molar-refractivity contribution in [2.24, 2.45) is 0 Å². The zero-order valence-electron chi connectivity index (χ0n) is 9.82. The highest BCUT2D eigenvalue weighted by molar-refractivity contribution is 6.30. The molecule has 3 rings (SSSR count). The first-order valence-electron chi connectivity index (χ1n) is 6.03. The smallest absolute Gasteiger partial charge is 0.164 e. The average Bonchev–Trinajstić information content (AvgIpc) is 2.39. The van der Waals surface area contributed by atoms with Gasteiger partial charge in [-0.2, -0.15) is 0 Å². The van der Waals surface area contributed by atoms with Gasteiger partial charge in [-0.3, -0.25) is 9.78 Å². The maximum absolute atomic E-state index is 11.7. The number of aromatic nitrogens is 1. The quantitative estimate of drug-likeness (QED) is 0.775. The molecule has 1 heterocycles. The molecule has 0 atom stereocenters. The minimum Gasteiger partial charge on any atom is -0.294 e. The van der Waals surface area contributed by atoms with E-state index in [-0.39, 0.29) is 5.78 Å². The number of rotatable bonds is 1. The third-order valence-electron chi connectivity index (χ3n) is 3.23. The Kier molecular flexibility index (Phi) is 2.88. The molecule has 2 nitrogen and oxygen atoms in total. The van der Waals surface area contributed by atoms with Crippen LogP contribution in [0.3, 0.4) is 0 Å². The Morgan fingerprint density at radius 2 is 1.78 bits per heavy atom. The fourth-order valence-electron chi connectivity index (χ4n) is 2.28. The molecule has 1 aromatic heterocycles. The summed E-state index contributed by atoms with van der Waals surface area (Å²) >= 11 is 5.87. The van der Waals surface area contributed by atoms with Crippen LogP contribution in [0.4, 0.5) is 0 Å². The second-order valence-corrected chi connectivity index (χ2v) is 4.91. The van der Waals surface area contributed by atoms with Crippen molar-refractivity contribution in [1.29, 1.82) is 0 Å². The molecule has 0 saturated heterocycles. The molecule has 18 heavy (non-hydrogen) atoms. The predicted molar refractivity (Wildman–Crippen MR) is 72.0 cm³/mol. The van der Waals surface area contributed by atoms with Crippen LogP contribution in [0.5, 0.6) is 0 Å². The summed E-state index contributed by atoms with van der Waals surface area (Å²) in [6.07, 6.45) is 2.44. The van der Waals surface area contributed by atoms with E-state index in [1.165, 1.54) is 0 Å². The van der Waals surface area contributed by atoms with Gasteiger partial charge in [-0.05, 0) is 37.1 Å². The van der Waals surface area contributed by atoms with Crippen LogP contribution in [0.15, 0.2) is 36.4 Å². The second kappa shape index (κ2) is 4.54. The van der Waals surface area contributed by atoms with Gasteiger partial charge in [-0.15, -0.1) is 0 Å². The molecule has 0 unspecified atom stereocenters. The number of nitrogens with zero attached hydrogens (tertiary/aromatic N) is 1. The largest absolute Gasteiger partial charge is 0.294 e. The van der Waals surface area contributed by atoms with Gasteiger partial charge in [-0.1, -0.05) is 23.7 Å². The number of fused-ring (bicyclic) bond motifs is 1. The van der Waals surface area contributed by atoms with Gasteiger partial charge in [0, 0.05) is 22.6 Å². The number of benzene rings is 1. The van der Waals surface area contributed by atoms with E-state index in [2.05, 4.69) is 4.98 Å². The lowest BCUT2D eigenvalue weighted by atomic mass is 9.94. The number of hydrogen-bond acceptors (Lipinski definition) is 2. The molecule has 0 aliphatic heterocycles. The average molecular weight is 258 g/mol. The highest BCUT2D eigenvalue weighted by Gasteiger charge is 2.18. The van der Waals surface area contributed by atoms with Gasteiger partial charge in [0.1, 0.15) is 0 Å². The van der Waals surface area contributed by atoms with Crippen LogP contribution in [0.1, 0.15) is 28.9 Å². The fourth-order valence-corrected chi connectivity index (χ4v) is 2.40. The van der Waals surface area contributed by atoms with Crippen molar-refractivity contribution in [2.45, 2.75) is 19.3 Å². The highest BCUT2D eigenvalue weighted by atomic mass is 35.5. The summed E-state index contributed by atoms with van der Waals surface area (Å²) in [5.74, 6) is 0.214. The van der Waals surface area contributed by atoms with E-state index < -0.39 is 0 Å². The molecule has 0 saturated carbocycles. The van der Waals surface area contributed by atoms with E-state index in [9.17, 15) is 4.79 Å². The minimum atomic E-state index is 0.214. The summed E-state index contributed by atoms with van der Waals surface area (Å²) in [5.41, 5.74) is 3.65. The van der Waals surface area contributed by atoms with Crippen LogP contribution in [0.25, 0.3) is 11.3 Å². The Morgan fingerprint density at radius 3 is 2.56 bits per heavy atom. The lowest BCUT2D eigenvalue weighted by Crippen LogP contribution is -2.12. The van der Waals surface area contributed by atoms with Gasteiger partial charge in [0.05, 0.1) is 11.4 Å². The van der Waals surface area contributed by atoms with Crippen molar-refractivity contribution in [1.82, 2.24) is 4.98 Å². The SMILES string of the molecule is O=C1CCCc2nc(-c3ccc(Cl)cc3)ccc21. The number of hydrogen-bond donors (Lipinski definition) is 0. The number of carbonyl (C=O) groups is 1. The molecule has 0 amide bonds. The Labute approximate surface area is 111 Å². The van der Waals surface area contributed by atoms with E-state index in [4.69, 9.17) is 11.6 Å². The number of ketones is 1. The van der Waals surface area contributed by atoms with Crippen LogP contribution in [0, 0.1) is 0 Å². The molecule has 0 spiro atoms. The number of halogens is 1. The molecular formula is C15H12ClNO. The maximum atomic E-state index is 11.7. The molecule has 1 aliphatic rings. The van der Waals surface area contributed by atoms with Crippen LogP contribution >= 0.6 is 11.6 Å². The molecule has 0 radical (unpaired) electrons. The normalized spacial score (nSPS) is 14.4. The van der Waals surface area contributed by atoms with Crippen molar-refractivity contribution < 1.29 is 4.79 Å². The first-order chi connectivity index (χ1) is 8.74. The number of pyridine rings is 1. The fraction of sp³-hybridized carbons (Fsp3) is 0.200. The third kappa shape index (κ3) is 2.04. The second-order valence-electron chi connectivity index (χ2n) is 4.47.